The Morgan fingerprint density at radius 3 is 2.11 bits per heavy atom. The van der Waals surface area contributed by atoms with Gasteiger partial charge in [-0.3, -0.25) is 0 Å². The zero-order chi connectivity index (χ0) is 19.2. The largest absolute Gasteiger partial charge is 0.432 e. The van der Waals surface area contributed by atoms with Crippen molar-refractivity contribution in [1.29, 1.82) is 0 Å². The lowest BCUT2D eigenvalue weighted by Crippen LogP contribution is -2.40. The van der Waals surface area contributed by atoms with E-state index < -0.39 is 35.2 Å². The SMILES string of the molecule is Fc1cc(OC(F)(F)C2CCC(C3CCC4(C=C4)CO3)CC2)cc(F)c1F. The summed E-state index contributed by atoms with van der Waals surface area (Å²) in [5.41, 5.74) is 0.161. The Morgan fingerprint density at radius 1 is 0.963 bits per heavy atom. The molecule has 27 heavy (non-hydrogen) atoms. The standard InChI is InChI=1S/C20H21F5O2/c21-15-9-14(10-16(22)18(15)23)27-20(24,25)13-3-1-12(2-4-13)17-5-6-19(7-8-19)11-26-17/h7-10,12-13,17H,1-6,11H2. The van der Waals surface area contributed by atoms with Gasteiger partial charge in [0.2, 0.25) is 0 Å². The summed E-state index contributed by atoms with van der Waals surface area (Å²) in [5, 5.41) is 0. The highest BCUT2D eigenvalue weighted by Gasteiger charge is 2.47. The van der Waals surface area contributed by atoms with E-state index in [0.717, 1.165) is 12.8 Å². The van der Waals surface area contributed by atoms with E-state index in [2.05, 4.69) is 16.9 Å². The number of benzene rings is 1. The molecule has 1 saturated carbocycles. The van der Waals surface area contributed by atoms with Crippen LogP contribution in [-0.4, -0.2) is 18.8 Å². The van der Waals surface area contributed by atoms with Crippen LogP contribution in [0.4, 0.5) is 22.0 Å². The Labute approximate surface area is 154 Å². The minimum atomic E-state index is -3.57. The molecule has 7 heteroatoms. The van der Waals surface area contributed by atoms with Crippen LogP contribution in [0.15, 0.2) is 24.3 Å². The number of halogens is 5. The minimum Gasteiger partial charge on any atom is -0.432 e. The van der Waals surface area contributed by atoms with E-state index in [4.69, 9.17) is 4.74 Å². The highest BCUT2D eigenvalue weighted by Crippen LogP contribution is 2.47. The molecule has 1 unspecified atom stereocenters. The van der Waals surface area contributed by atoms with Crippen LogP contribution in [0, 0.1) is 34.7 Å². The molecular formula is C20H21F5O2. The Hall–Kier alpha value is -1.63. The fourth-order valence-electron chi connectivity index (χ4n) is 4.24. The summed E-state index contributed by atoms with van der Waals surface area (Å²) in [6.45, 7) is 0.679. The molecule has 1 spiro atoms. The monoisotopic (exact) mass is 388 g/mol. The topological polar surface area (TPSA) is 18.5 Å². The van der Waals surface area contributed by atoms with Gasteiger partial charge in [-0.2, -0.15) is 8.78 Å². The molecule has 4 rings (SSSR count). The average Bonchev–Trinajstić information content (AvgIpc) is 3.39. The first-order chi connectivity index (χ1) is 12.8. The Balaban J connectivity index is 1.32. The van der Waals surface area contributed by atoms with Crippen molar-refractivity contribution < 1.29 is 31.4 Å². The molecule has 0 amide bonds. The zero-order valence-electron chi connectivity index (χ0n) is 14.7. The Bertz CT molecular complexity index is 701. The third-order valence-electron chi connectivity index (χ3n) is 6.08. The fraction of sp³-hybridized carbons (Fsp3) is 0.600. The Morgan fingerprint density at radius 2 is 1.59 bits per heavy atom. The van der Waals surface area contributed by atoms with Crippen molar-refractivity contribution in [1.82, 2.24) is 0 Å². The molecule has 1 atom stereocenters. The predicted molar refractivity (Wildman–Crippen MR) is 87.9 cm³/mol. The normalized spacial score (nSPS) is 29.7. The number of alkyl halides is 2. The lowest BCUT2D eigenvalue weighted by Gasteiger charge is -2.39. The van der Waals surface area contributed by atoms with E-state index in [9.17, 15) is 22.0 Å². The summed E-state index contributed by atoms with van der Waals surface area (Å²) in [4.78, 5) is 0. The molecule has 0 bridgehead atoms. The highest BCUT2D eigenvalue weighted by molar-refractivity contribution is 5.27. The number of rotatable bonds is 4. The second-order valence-electron chi connectivity index (χ2n) is 7.93. The maximum absolute atomic E-state index is 14.4. The number of hydrogen-bond acceptors (Lipinski definition) is 2. The summed E-state index contributed by atoms with van der Waals surface area (Å²) < 4.78 is 78.8. The first-order valence-electron chi connectivity index (χ1n) is 9.31. The molecular weight excluding hydrogens is 367 g/mol. The molecule has 148 valence electrons. The van der Waals surface area contributed by atoms with E-state index in [1.165, 1.54) is 0 Å². The summed E-state index contributed by atoms with van der Waals surface area (Å²) in [6, 6.07) is 0.880. The van der Waals surface area contributed by atoms with Crippen molar-refractivity contribution in [3.05, 3.63) is 41.7 Å². The molecule has 3 aliphatic rings. The maximum atomic E-state index is 14.4. The molecule has 0 N–H and O–H groups in total. The highest BCUT2D eigenvalue weighted by atomic mass is 19.3. The van der Waals surface area contributed by atoms with Crippen molar-refractivity contribution >= 4 is 0 Å². The van der Waals surface area contributed by atoms with Crippen LogP contribution in [-0.2, 0) is 4.74 Å². The summed E-state index contributed by atoms with van der Waals surface area (Å²) in [7, 11) is 0. The molecule has 2 aliphatic carbocycles. The molecule has 1 aromatic carbocycles. The molecule has 1 saturated heterocycles. The molecule has 2 fully saturated rings. The quantitative estimate of drug-likeness (QED) is 0.379. The van der Waals surface area contributed by atoms with Gasteiger partial charge in [-0.05, 0) is 44.4 Å². The van der Waals surface area contributed by atoms with Gasteiger partial charge in [0.15, 0.2) is 17.5 Å². The van der Waals surface area contributed by atoms with Crippen LogP contribution < -0.4 is 4.74 Å². The van der Waals surface area contributed by atoms with Gasteiger partial charge in [-0.1, -0.05) is 12.2 Å². The average molecular weight is 388 g/mol. The van der Waals surface area contributed by atoms with E-state index in [-0.39, 0.29) is 30.3 Å². The van der Waals surface area contributed by atoms with Crippen molar-refractivity contribution in [3.8, 4) is 5.75 Å². The second-order valence-corrected chi connectivity index (χ2v) is 7.93. The van der Waals surface area contributed by atoms with Crippen molar-refractivity contribution in [2.75, 3.05) is 6.61 Å². The van der Waals surface area contributed by atoms with Gasteiger partial charge in [-0.15, -0.1) is 0 Å². The first kappa shape index (κ1) is 18.7. The van der Waals surface area contributed by atoms with Crippen LogP contribution in [0.3, 0.4) is 0 Å². The first-order valence-corrected chi connectivity index (χ1v) is 9.31. The van der Waals surface area contributed by atoms with Gasteiger partial charge in [0.25, 0.3) is 0 Å². The van der Waals surface area contributed by atoms with Gasteiger partial charge in [0.1, 0.15) is 5.75 Å². The summed E-state index contributed by atoms with van der Waals surface area (Å²) in [5.74, 6) is -6.33. The molecule has 0 radical (unpaired) electrons. The van der Waals surface area contributed by atoms with Gasteiger partial charge in [-0.25, -0.2) is 13.2 Å². The van der Waals surface area contributed by atoms with Crippen molar-refractivity contribution in [3.63, 3.8) is 0 Å². The number of hydrogen-bond donors (Lipinski definition) is 0. The third-order valence-corrected chi connectivity index (χ3v) is 6.08. The number of ether oxygens (including phenoxy) is 2. The molecule has 1 heterocycles. The van der Waals surface area contributed by atoms with Crippen LogP contribution in [0.25, 0.3) is 0 Å². The van der Waals surface area contributed by atoms with Crippen LogP contribution in [0.5, 0.6) is 5.75 Å². The Kier molecular flexibility index (Phi) is 4.69. The summed E-state index contributed by atoms with van der Waals surface area (Å²) in [6.07, 6.45) is 4.51. The van der Waals surface area contributed by atoms with Gasteiger partial charge in [0, 0.05) is 17.5 Å². The summed E-state index contributed by atoms with van der Waals surface area (Å²) >= 11 is 0. The molecule has 0 aromatic heterocycles. The maximum Gasteiger partial charge on any atom is 0.400 e. The lowest BCUT2D eigenvalue weighted by molar-refractivity contribution is -0.225. The predicted octanol–water partition coefficient (Wildman–Crippen LogP) is 5.62. The van der Waals surface area contributed by atoms with Crippen LogP contribution >= 0.6 is 0 Å². The molecule has 1 aromatic rings. The van der Waals surface area contributed by atoms with Gasteiger partial charge in [0.05, 0.1) is 18.6 Å². The van der Waals surface area contributed by atoms with E-state index >= 15 is 0 Å². The minimum absolute atomic E-state index is 0.105. The van der Waals surface area contributed by atoms with E-state index in [1.807, 2.05) is 0 Å². The lowest BCUT2D eigenvalue weighted by atomic mass is 9.76. The van der Waals surface area contributed by atoms with Gasteiger partial charge >= 0.3 is 6.11 Å². The van der Waals surface area contributed by atoms with Gasteiger partial charge < -0.3 is 9.47 Å². The fourth-order valence-corrected chi connectivity index (χ4v) is 4.24. The van der Waals surface area contributed by atoms with Crippen LogP contribution in [0.2, 0.25) is 0 Å². The molecule has 1 aliphatic heterocycles. The van der Waals surface area contributed by atoms with E-state index in [1.54, 1.807) is 0 Å². The zero-order valence-corrected chi connectivity index (χ0v) is 14.7. The smallest absolute Gasteiger partial charge is 0.400 e. The van der Waals surface area contributed by atoms with E-state index in [0.29, 0.717) is 31.6 Å². The third kappa shape index (κ3) is 3.84. The molecule has 2 nitrogen and oxygen atoms in total. The van der Waals surface area contributed by atoms with Crippen molar-refractivity contribution in [2.45, 2.75) is 50.7 Å². The van der Waals surface area contributed by atoms with Crippen LogP contribution in [0.1, 0.15) is 38.5 Å². The van der Waals surface area contributed by atoms with Crippen molar-refractivity contribution in [2.24, 2.45) is 17.3 Å². The second kappa shape index (κ2) is 6.76.